The molecule has 160 valence electrons. The average Bonchev–Trinajstić information content (AvgIpc) is 2.71. The van der Waals surface area contributed by atoms with Crippen LogP contribution in [0.2, 0.25) is 0 Å². The Labute approximate surface area is 175 Å². The zero-order valence-electron chi connectivity index (χ0n) is 16.9. The number of carbonyl (C=O) groups excluding carboxylic acids is 2. The van der Waals surface area contributed by atoms with Gasteiger partial charge >= 0.3 is 0 Å². The smallest absolute Gasteiger partial charge is 0.269 e. The maximum atomic E-state index is 12.9. The molecule has 1 aliphatic heterocycles. The van der Waals surface area contributed by atoms with Crippen LogP contribution in [-0.4, -0.2) is 42.7 Å². The average molecular weight is 432 g/mol. The van der Waals surface area contributed by atoms with Crippen molar-refractivity contribution < 1.29 is 23.1 Å². The molecule has 8 nitrogen and oxygen atoms in total. The molecular formula is C21H25N3O5S. The number of sulfonamides is 1. The number of carbonyl (C=O) groups is 2. The molecule has 0 aliphatic carbocycles. The fraction of sp³-hybridized carbons (Fsp3) is 0.333. The zero-order chi connectivity index (χ0) is 21.9. The summed E-state index contributed by atoms with van der Waals surface area (Å²) in [5, 5.41) is 9.43. The zero-order valence-corrected chi connectivity index (χ0v) is 17.7. The topological polar surface area (TPSA) is 116 Å². The molecule has 3 rings (SSSR count). The lowest BCUT2D eigenvalue weighted by molar-refractivity contribution is -0.126. The van der Waals surface area contributed by atoms with E-state index in [1.54, 1.807) is 19.1 Å². The van der Waals surface area contributed by atoms with E-state index in [1.807, 2.05) is 13.0 Å². The number of hydrogen-bond acceptors (Lipinski definition) is 5. The molecule has 0 radical (unpaired) electrons. The normalized spacial score (nSPS) is 15.5. The maximum absolute atomic E-state index is 12.9. The van der Waals surface area contributed by atoms with Gasteiger partial charge in [0.25, 0.3) is 5.91 Å². The molecular weight excluding hydrogens is 406 g/mol. The summed E-state index contributed by atoms with van der Waals surface area (Å²) in [7, 11) is -3.62. The third-order valence-electron chi connectivity index (χ3n) is 5.18. The number of phenols is 1. The molecule has 0 unspecified atom stereocenters. The van der Waals surface area contributed by atoms with E-state index in [4.69, 9.17) is 0 Å². The Balaban J connectivity index is 1.55. The number of nitrogens with one attached hydrogen (secondary N) is 2. The third-order valence-corrected chi connectivity index (χ3v) is 7.24. The Morgan fingerprint density at radius 1 is 1.03 bits per heavy atom. The molecule has 2 amide bonds. The molecule has 0 atom stereocenters. The van der Waals surface area contributed by atoms with E-state index >= 15 is 0 Å². The lowest BCUT2D eigenvalue weighted by Gasteiger charge is -2.31. The second kappa shape index (κ2) is 8.85. The number of aryl methyl sites for hydroxylation is 2. The monoisotopic (exact) mass is 431 g/mol. The Kier molecular flexibility index (Phi) is 6.42. The SMILES string of the molecule is Cc1ccc(S(=O)(=O)N2CCC(C(=O)NNC(=O)c3cccc(O)c3)CC2)c(C)c1. The van der Waals surface area contributed by atoms with Crippen molar-refractivity contribution in [3.05, 3.63) is 59.2 Å². The minimum absolute atomic E-state index is 0.0497. The molecule has 0 aromatic heterocycles. The minimum atomic E-state index is -3.62. The summed E-state index contributed by atoms with van der Waals surface area (Å²) in [5.41, 5.74) is 6.61. The van der Waals surface area contributed by atoms with Crippen molar-refractivity contribution in [2.75, 3.05) is 13.1 Å². The van der Waals surface area contributed by atoms with Crippen LogP contribution in [-0.2, 0) is 14.8 Å². The highest BCUT2D eigenvalue weighted by Crippen LogP contribution is 2.26. The second-order valence-corrected chi connectivity index (χ2v) is 9.35. The Morgan fingerprint density at radius 2 is 1.73 bits per heavy atom. The van der Waals surface area contributed by atoms with Gasteiger partial charge in [0, 0.05) is 24.6 Å². The number of benzene rings is 2. The van der Waals surface area contributed by atoms with Gasteiger partial charge in [0.05, 0.1) is 4.90 Å². The summed E-state index contributed by atoms with van der Waals surface area (Å²) in [4.78, 5) is 24.7. The van der Waals surface area contributed by atoms with Crippen LogP contribution < -0.4 is 10.9 Å². The van der Waals surface area contributed by atoms with E-state index in [2.05, 4.69) is 10.9 Å². The van der Waals surface area contributed by atoms with Crippen molar-refractivity contribution in [2.45, 2.75) is 31.6 Å². The molecule has 1 aliphatic rings. The van der Waals surface area contributed by atoms with Crippen molar-refractivity contribution in [2.24, 2.45) is 5.92 Å². The lowest BCUT2D eigenvalue weighted by atomic mass is 9.98. The molecule has 1 saturated heterocycles. The molecule has 0 spiro atoms. The lowest BCUT2D eigenvalue weighted by Crippen LogP contribution is -2.48. The molecule has 0 saturated carbocycles. The fourth-order valence-electron chi connectivity index (χ4n) is 3.53. The van der Waals surface area contributed by atoms with Gasteiger partial charge in [-0.05, 0) is 56.5 Å². The van der Waals surface area contributed by atoms with Gasteiger partial charge in [-0.25, -0.2) is 8.42 Å². The Hall–Kier alpha value is -2.91. The largest absolute Gasteiger partial charge is 0.508 e. The summed E-state index contributed by atoms with van der Waals surface area (Å²) in [5.74, 6) is -1.37. The fourth-order valence-corrected chi connectivity index (χ4v) is 5.20. The van der Waals surface area contributed by atoms with Crippen LogP contribution in [0.1, 0.15) is 34.3 Å². The molecule has 3 N–H and O–H groups in total. The van der Waals surface area contributed by atoms with E-state index in [9.17, 15) is 23.1 Å². The van der Waals surface area contributed by atoms with Crippen molar-refractivity contribution in [1.82, 2.24) is 15.2 Å². The summed E-state index contributed by atoms with van der Waals surface area (Å²) in [6.45, 7) is 4.14. The minimum Gasteiger partial charge on any atom is -0.508 e. The molecule has 2 aromatic rings. The van der Waals surface area contributed by atoms with Crippen molar-refractivity contribution in [3.8, 4) is 5.75 Å². The highest BCUT2D eigenvalue weighted by molar-refractivity contribution is 7.89. The second-order valence-electron chi connectivity index (χ2n) is 7.44. The first-order valence-corrected chi connectivity index (χ1v) is 11.1. The summed E-state index contributed by atoms with van der Waals surface area (Å²) in [6, 6.07) is 11.0. The summed E-state index contributed by atoms with van der Waals surface area (Å²) >= 11 is 0. The molecule has 30 heavy (non-hydrogen) atoms. The van der Waals surface area contributed by atoms with E-state index in [0.717, 1.165) is 5.56 Å². The first kappa shape index (κ1) is 21.8. The van der Waals surface area contributed by atoms with Crippen LogP contribution >= 0.6 is 0 Å². The van der Waals surface area contributed by atoms with Gasteiger partial charge in [-0.1, -0.05) is 23.8 Å². The summed E-state index contributed by atoms with van der Waals surface area (Å²) < 4.78 is 27.3. The number of aromatic hydroxyl groups is 1. The van der Waals surface area contributed by atoms with Gasteiger partial charge in [0.1, 0.15) is 5.75 Å². The highest BCUT2D eigenvalue weighted by atomic mass is 32.2. The first-order valence-electron chi connectivity index (χ1n) is 9.65. The van der Waals surface area contributed by atoms with Crippen LogP contribution in [0.4, 0.5) is 0 Å². The van der Waals surface area contributed by atoms with E-state index < -0.39 is 21.8 Å². The Bertz CT molecular complexity index is 1060. The van der Waals surface area contributed by atoms with Crippen LogP contribution in [0.3, 0.4) is 0 Å². The molecule has 1 heterocycles. The number of phenolic OH excluding ortho intramolecular Hbond substituents is 1. The number of hydrogen-bond donors (Lipinski definition) is 3. The van der Waals surface area contributed by atoms with E-state index in [0.29, 0.717) is 18.4 Å². The van der Waals surface area contributed by atoms with E-state index in [1.165, 1.54) is 28.6 Å². The number of piperidine rings is 1. The predicted molar refractivity (Wildman–Crippen MR) is 111 cm³/mol. The van der Waals surface area contributed by atoms with Crippen molar-refractivity contribution in [1.29, 1.82) is 0 Å². The maximum Gasteiger partial charge on any atom is 0.269 e. The molecule has 2 aromatic carbocycles. The highest BCUT2D eigenvalue weighted by Gasteiger charge is 2.33. The van der Waals surface area contributed by atoms with Gasteiger partial charge in [0.15, 0.2) is 0 Å². The number of rotatable bonds is 4. The molecule has 9 heteroatoms. The van der Waals surface area contributed by atoms with E-state index in [-0.39, 0.29) is 35.2 Å². The Morgan fingerprint density at radius 3 is 2.37 bits per heavy atom. The van der Waals surface area contributed by atoms with Crippen molar-refractivity contribution in [3.63, 3.8) is 0 Å². The van der Waals surface area contributed by atoms with Crippen LogP contribution in [0.5, 0.6) is 5.75 Å². The van der Waals surface area contributed by atoms with Gasteiger partial charge in [-0.15, -0.1) is 0 Å². The number of hydrazine groups is 1. The van der Waals surface area contributed by atoms with Gasteiger partial charge in [0.2, 0.25) is 15.9 Å². The van der Waals surface area contributed by atoms with Crippen LogP contribution in [0.25, 0.3) is 0 Å². The first-order chi connectivity index (χ1) is 14.2. The predicted octanol–water partition coefficient (Wildman–Crippen LogP) is 1.87. The van der Waals surface area contributed by atoms with Crippen LogP contribution in [0, 0.1) is 19.8 Å². The third kappa shape index (κ3) is 4.80. The van der Waals surface area contributed by atoms with Crippen molar-refractivity contribution >= 4 is 21.8 Å². The number of nitrogens with zero attached hydrogens (tertiary/aromatic N) is 1. The van der Waals surface area contributed by atoms with Gasteiger partial charge in [-0.2, -0.15) is 4.31 Å². The van der Waals surface area contributed by atoms with Crippen LogP contribution in [0.15, 0.2) is 47.4 Å². The molecule has 1 fully saturated rings. The standard InChI is InChI=1S/C21H25N3O5S/c1-14-6-7-19(15(2)12-14)30(28,29)24-10-8-16(9-11-24)20(26)22-23-21(27)17-4-3-5-18(25)13-17/h3-7,12-13,16,25H,8-11H2,1-2H3,(H,22,26)(H,23,27). The summed E-state index contributed by atoms with van der Waals surface area (Å²) in [6.07, 6.45) is 0.718. The quantitative estimate of drug-likeness (QED) is 0.639. The number of amides is 2. The molecule has 0 bridgehead atoms. The van der Waals surface area contributed by atoms with Gasteiger partial charge in [-0.3, -0.25) is 20.4 Å². The van der Waals surface area contributed by atoms with Gasteiger partial charge < -0.3 is 5.11 Å².